The van der Waals surface area contributed by atoms with Gasteiger partial charge in [-0.05, 0) is 60.7 Å². The summed E-state index contributed by atoms with van der Waals surface area (Å²) in [6, 6.07) is 64.4. The number of hydrogen-bond donors (Lipinski definition) is 0. The smallest absolute Gasteiger partial charge is 0.385 e. The molecule has 6 rings (SSSR count). The second-order valence-corrected chi connectivity index (χ2v) is 14.4. The Bertz CT molecular complexity index is 1420. The van der Waals surface area contributed by atoms with Gasteiger partial charge in [0.05, 0.1) is 0 Å². The summed E-state index contributed by atoms with van der Waals surface area (Å²) in [5.41, 5.74) is 1.20. The van der Waals surface area contributed by atoms with Crippen LogP contribution >= 0.6 is 15.8 Å². The molecule has 6 heteroatoms. The van der Waals surface area contributed by atoms with Crippen molar-refractivity contribution in [1.29, 1.82) is 0 Å². The number of halogens is 3. The zero-order valence-electron chi connectivity index (χ0n) is 24.1. The van der Waals surface area contributed by atoms with Gasteiger partial charge in [-0.15, -0.1) is 0 Å². The first kappa shape index (κ1) is 35.1. The van der Waals surface area contributed by atoms with Gasteiger partial charge in [0.25, 0.3) is 0 Å². The van der Waals surface area contributed by atoms with E-state index in [1.807, 2.05) is 31.2 Å². The van der Waals surface area contributed by atoms with Crippen molar-refractivity contribution in [3.05, 3.63) is 188 Å². The van der Waals surface area contributed by atoms with Crippen molar-refractivity contribution in [2.75, 3.05) is 0 Å². The normalized spacial score (nSPS) is 10.2. The van der Waals surface area contributed by atoms with Crippen LogP contribution in [-0.4, -0.2) is 0 Å². The van der Waals surface area contributed by atoms with Gasteiger partial charge in [-0.2, -0.15) is 35.9 Å². The first-order valence-electron chi connectivity index (χ1n) is 13.9. The molecule has 0 nitrogen and oxygen atoms in total. The predicted octanol–water partition coefficient (Wildman–Crippen LogP) is 7.80. The predicted molar refractivity (Wildman–Crippen MR) is 183 cm³/mol. The fraction of sp³-hybridized carbons (Fsp3) is 0.0263. The minimum atomic E-state index is -3.08. The molecule has 224 valence electrons. The molecular formula is C38H33F3P2Pd+2. The summed E-state index contributed by atoms with van der Waals surface area (Å²) in [5.74, 6) is 0. The maximum Gasteiger partial charge on any atom is 2.00 e. The standard InChI is InChI=1S/C30H24P2.C7H7.CF3.Pd/c1-5-15-25(16-6-1)31(26-17-7-2-8-18-26)29-23-13-14-24-30(29)32(27-19-9-3-10-20-27)28-21-11-4-12-22-28;1-7-5-3-2-4-6-7;2-1(3)4;/h1-24H;2-5H,1H3;;/q;2*-1;+2/p+2. The molecular weight excluding hydrogens is 682 g/mol. The number of aryl methyl sites for hydroxylation is 1. The van der Waals surface area contributed by atoms with Crippen molar-refractivity contribution < 1.29 is 33.6 Å². The summed E-state index contributed by atoms with van der Waals surface area (Å²) in [7, 11) is -2.28. The molecule has 44 heavy (non-hydrogen) atoms. The molecule has 0 fully saturated rings. The third-order valence-corrected chi connectivity index (χ3v) is 12.4. The van der Waals surface area contributed by atoms with Gasteiger partial charge in [-0.3, -0.25) is 0 Å². The second kappa shape index (κ2) is 19.1. The Morgan fingerprint density at radius 3 is 0.932 bits per heavy atom. The molecule has 0 saturated heterocycles. The molecule has 0 aliphatic carbocycles. The first-order chi connectivity index (χ1) is 21.0. The van der Waals surface area contributed by atoms with E-state index in [0.717, 1.165) is 0 Å². The zero-order chi connectivity index (χ0) is 30.3. The Balaban J connectivity index is 0.000000375. The van der Waals surface area contributed by atoms with Crippen LogP contribution in [-0.2, 0) is 20.4 Å². The molecule has 0 radical (unpaired) electrons. The Morgan fingerprint density at radius 2 is 0.705 bits per heavy atom. The molecule has 0 amide bonds. The average molecular weight is 715 g/mol. The molecule has 0 aliphatic heterocycles. The monoisotopic (exact) mass is 714 g/mol. The van der Waals surface area contributed by atoms with Gasteiger partial charge in [0.1, 0.15) is 47.7 Å². The molecule has 0 bridgehead atoms. The van der Waals surface area contributed by atoms with E-state index in [2.05, 4.69) is 152 Å². The Labute approximate surface area is 275 Å². The molecule has 0 saturated carbocycles. The number of rotatable bonds is 6. The topological polar surface area (TPSA) is 0 Å². The molecule has 0 spiro atoms. The van der Waals surface area contributed by atoms with Crippen molar-refractivity contribution in [2.24, 2.45) is 0 Å². The van der Waals surface area contributed by atoms with E-state index in [1.165, 1.54) is 37.4 Å². The first-order valence-corrected chi connectivity index (χ1v) is 16.9. The van der Waals surface area contributed by atoms with Crippen LogP contribution in [0.4, 0.5) is 13.2 Å². The van der Waals surface area contributed by atoms with E-state index in [4.69, 9.17) is 0 Å². The molecule has 0 atom stereocenters. The summed E-state index contributed by atoms with van der Waals surface area (Å²) in [5, 5.41) is 8.71. The minimum Gasteiger partial charge on any atom is -0.385 e. The van der Waals surface area contributed by atoms with Crippen LogP contribution in [0.1, 0.15) is 5.56 Å². The molecule has 6 aromatic carbocycles. The number of hydrogen-bond acceptors (Lipinski definition) is 0. The summed E-state index contributed by atoms with van der Waals surface area (Å²) in [4.78, 5) is 0. The van der Waals surface area contributed by atoms with Crippen LogP contribution in [0.3, 0.4) is 0 Å². The molecule has 0 heterocycles. The van der Waals surface area contributed by atoms with E-state index >= 15 is 0 Å². The van der Waals surface area contributed by atoms with Gasteiger partial charge in [0.15, 0.2) is 6.68 Å². The van der Waals surface area contributed by atoms with Crippen molar-refractivity contribution in [3.8, 4) is 0 Å². The summed E-state index contributed by atoms with van der Waals surface area (Å²) < 4.78 is 28.8. The maximum absolute atomic E-state index is 9.58. The summed E-state index contributed by atoms with van der Waals surface area (Å²) in [6.45, 7) is -1.06. The van der Waals surface area contributed by atoms with E-state index in [0.29, 0.717) is 0 Å². The van der Waals surface area contributed by atoms with Gasteiger partial charge in [-0.25, -0.2) is 0 Å². The van der Waals surface area contributed by atoms with Gasteiger partial charge >= 0.3 is 20.4 Å². The summed E-state index contributed by atoms with van der Waals surface area (Å²) in [6.07, 6.45) is 0. The zero-order valence-corrected chi connectivity index (χ0v) is 27.7. The van der Waals surface area contributed by atoms with Gasteiger partial charge < -0.3 is 13.2 Å². The van der Waals surface area contributed by atoms with Crippen LogP contribution in [0.25, 0.3) is 0 Å². The van der Waals surface area contributed by atoms with E-state index < -0.39 is 22.5 Å². The van der Waals surface area contributed by atoms with Gasteiger partial charge in [0.2, 0.25) is 0 Å². The fourth-order valence-electron chi connectivity index (χ4n) is 4.78. The molecule has 6 aromatic rings. The largest absolute Gasteiger partial charge is 2.00 e. The Kier molecular flexibility index (Phi) is 15.3. The van der Waals surface area contributed by atoms with Crippen LogP contribution in [0.2, 0.25) is 0 Å². The van der Waals surface area contributed by atoms with Crippen LogP contribution in [0.15, 0.2) is 170 Å². The SMILES string of the molecule is Cc1[c-]cccc1.F[C-](F)F.[Pd+2].c1ccc([PH+](c2ccccc2)c2ccccc2[PH+](c2ccccc2)c2ccccc2)cc1. The van der Waals surface area contributed by atoms with Crippen molar-refractivity contribution in [2.45, 2.75) is 6.92 Å². The van der Waals surface area contributed by atoms with Gasteiger partial charge in [0, 0.05) is 0 Å². The second-order valence-electron chi connectivity index (χ2n) is 9.52. The van der Waals surface area contributed by atoms with Crippen LogP contribution < -0.4 is 31.8 Å². The Hall–Kier alpha value is -3.37. The third kappa shape index (κ3) is 10.7. The third-order valence-electron chi connectivity index (χ3n) is 6.58. The van der Waals surface area contributed by atoms with E-state index in [1.54, 1.807) is 0 Å². The molecule has 0 aromatic heterocycles. The minimum absolute atomic E-state index is 0. The van der Waals surface area contributed by atoms with Gasteiger partial charge in [-0.1, -0.05) is 91.9 Å². The van der Waals surface area contributed by atoms with Crippen molar-refractivity contribution in [1.82, 2.24) is 0 Å². The Morgan fingerprint density at radius 1 is 0.432 bits per heavy atom. The maximum atomic E-state index is 9.58. The fourth-order valence-corrected chi connectivity index (χ4v) is 10.8. The number of benzene rings is 6. The van der Waals surface area contributed by atoms with Crippen molar-refractivity contribution in [3.63, 3.8) is 0 Å². The average Bonchev–Trinajstić information content (AvgIpc) is 3.05. The molecule has 0 unspecified atom stereocenters. The molecule has 0 aliphatic rings. The molecule has 0 N–H and O–H groups in total. The van der Waals surface area contributed by atoms with E-state index in [-0.39, 0.29) is 20.4 Å². The van der Waals surface area contributed by atoms with Crippen LogP contribution in [0.5, 0.6) is 0 Å². The van der Waals surface area contributed by atoms with Crippen molar-refractivity contribution >= 4 is 47.7 Å². The summed E-state index contributed by atoms with van der Waals surface area (Å²) >= 11 is 0. The van der Waals surface area contributed by atoms with Crippen LogP contribution in [0, 0.1) is 19.7 Å². The quantitative estimate of drug-likeness (QED) is 0.0939. The van der Waals surface area contributed by atoms with E-state index in [9.17, 15) is 13.2 Å².